The van der Waals surface area contributed by atoms with Crippen LogP contribution in [0.2, 0.25) is 0 Å². The van der Waals surface area contributed by atoms with E-state index < -0.39 is 0 Å². The van der Waals surface area contributed by atoms with E-state index in [2.05, 4.69) is 26.7 Å². The molecule has 27 heavy (non-hydrogen) atoms. The van der Waals surface area contributed by atoms with Crippen molar-refractivity contribution >= 4 is 29.9 Å². The fourth-order valence-electron chi connectivity index (χ4n) is 2.52. The monoisotopic (exact) mass is 486 g/mol. The highest BCUT2D eigenvalue weighted by Crippen LogP contribution is 2.38. The Hall–Kier alpha value is -2.23. The van der Waals surface area contributed by atoms with Crippen molar-refractivity contribution in [2.75, 3.05) is 34.9 Å². The summed E-state index contributed by atoms with van der Waals surface area (Å²) in [6.07, 6.45) is 4.52. The van der Waals surface area contributed by atoms with Crippen LogP contribution in [-0.4, -0.2) is 45.9 Å². The number of hydrogen-bond acceptors (Lipinski definition) is 5. The van der Waals surface area contributed by atoms with Gasteiger partial charge in [0.15, 0.2) is 17.5 Å². The van der Waals surface area contributed by atoms with E-state index in [0.717, 1.165) is 24.5 Å². The van der Waals surface area contributed by atoms with E-state index in [0.29, 0.717) is 23.8 Å². The molecule has 0 atom stereocenters. The Morgan fingerprint density at radius 2 is 1.74 bits per heavy atom. The number of aromatic nitrogens is 1. The highest BCUT2D eigenvalue weighted by molar-refractivity contribution is 14.0. The highest BCUT2D eigenvalue weighted by atomic mass is 127. The number of halogens is 1. The lowest BCUT2D eigenvalue weighted by atomic mass is 10.2. The van der Waals surface area contributed by atoms with Gasteiger partial charge in [-0.3, -0.25) is 9.98 Å². The van der Waals surface area contributed by atoms with Gasteiger partial charge in [0, 0.05) is 32.5 Å². The maximum Gasteiger partial charge on any atom is 0.203 e. The van der Waals surface area contributed by atoms with Gasteiger partial charge in [-0.25, -0.2) is 0 Å². The third-order valence-electron chi connectivity index (χ3n) is 3.84. The summed E-state index contributed by atoms with van der Waals surface area (Å²) in [5.74, 6) is 2.56. The quantitative estimate of drug-likeness (QED) is 0.340. The number of guanidine groups is 1. The van der Waals surface area contributed by atoms with E-state index in [-0.39, 0.29) is 24.0 Å². The fraction of sp³-hybridized carbons (Fsp3) is 0.368. The van der Waals surface area contributed by atoms with Gasteiger partial charge in [0.2, 0.25) is 5.75 Å². The SMILES string of the molecule is CN=C(NCCc1cccnc1)NCc1cc(OC)c(OC)c(OC)c1.I. The van der Waals surface area contributed by atoms with Crippen LogP contribution in [0.4, 0.5) is 0 Å². The maximum absolute atomic E-state index is 5.38. The molecule has 0 aliphatic heterocycles. The number of pyridine rings is 1. The normalized spacial score (nSPS) is 10.6. The molecule has 2 N–H and O–H groups in total. The van der Waals surface area contributed by atoms with Crippen LogP contribution in [-0.2, 0) is 13.0 Å². The first-order valence-corrected chi connectivity index (χ1v) is 8.34. The van der Waals surface area contributed by atoms with Crippen molar-refractivity contribution in [3.05, 3.63) is 47.8 Å². The number of hydrogen-bond donors (Lipinski definition) is 2. The van der Waals surface area contributed by atoms with Crippen molar-refractivity contribution in [2.45, 2.75) is 13.0 Å². The minimum atomic E-state index is 0. The third-order valence-corrected chi connectivity index (χ3v) is 3.84. The summed E-state index contributed by atoms with van der Waals surface area (Å²) < 4.78 is 16.1. The first-order valence-electron chi connectivity index (χ1n) is 8.34. The zero-order valence-corrected chi connectivity index (χ0v) is 18.4. The molecule has 2 rings (SSSR count). The van der Waals surface area contributed by atoms with E-state index in [1.807, 2.05) is 24.4 Å². The minimum Gasteiger partial charge on any atom is -0.493 e. The van der Waals surface area contributed by atoms with Gasteiger partial charge in [0.1, 0.15) is 0 Å². The van der Waals surface area contributed by atoms with Gasteiger partial charge in [-0.05, 0) is 35.7 Å². The molecule has 148 valence electrons. The van der Waals surface area contributed by atoms with E-state index in [4.69, 9.17) is 14.2 Å². The Balaban J connectivity index is 0.00000364. The molecule has 0 saturated carbocycles. The molecule has 1 aromatic carbocycles. The van der Waals surface area contributed by atoms with Crippen LogP contribution >= 0.6 is 24.0 Å². The molecule has 1 heterocycles. The Morgan fingerprint density at radius 1 is 1.04 bits per heavy atom. The molecule has 0 aliphatic rings. The first kappa shape index (κ1) is 22.8. The van der Waals surface area contributed by atoms with Crippen LogP contribution in [0, 0.1) is 0 Å². The maximum atomic E-state index is 5.38. The average Bonchev–Trinajstić information content (AvgIpc) is 2.70. The molecule has 0 bridgehead atoms. The third kappa shape index (κ3) is 6.78. The molecule has 0 aliphatic carbocycles. The topological polar surface area (TPSA) is 77.0 Å². The molecule has 0 unspecified atom stereocenters. The van der Waals surface area contributed by atoms with Crippen LogP contribution < -0.4 is 24.8 Å². The molecule has 0 fully saturated rings. The number of nitrogens with one attached hydrogen (secondary N) is 2. The molecule has 0 amide bonds. The number of benzene rings is 1. The Kier molecular flexibility index (Phi) is 10.3. The van der Waals surface area contributed by atoms with Crippen LogP contribution in [0.25, 0.3) is 0 Å². The Labute approximate surface area is 177 Å². The molecule has 7 nitrogen and oxygen atoms in total. The van der Waals surface area contributed by atoms with Gasteiger partial charge in [-0.15, -0.1) is 24.0 Å². The summed E-state index contributed by atoms with van der Waals surface area (Å²) in [6.45, 7) is 1.34. The van der Waals surface area contributed by atoms with Crippen molar-refractivity contribution < 1.29 is 14.2 Å². The van der Waals surface area contributed by atoms with Crippen molar-refractivity contribution in [3.63, 3.8) is 0 Å². The lowest BCUT2D eigenvalue weighted by Gasteiger charge is -2.16. The molecule has 0 saturated heterocycles. The van der Waals surface area contributed by atoms with E-state index in [9.17, 15) is 0 Å². The number of methoxy groups -OCH3 is 3. The van der Waals surface area contributed by atoms with Gasteiger partial charge in [0.05, 0.1) is 21.3 Å². The van der Waals surface area contributed by atoms with E-state index in [1.54, 1.807) is 34.6 Å². The van der Waals surface area contributed by atoms with Crippen LogP contribution in [0.15, 0.2) is 41.7 Å². The van der Waals surface area contributed by atoms with Gasteiger partial charge < -0.3 is 24.8 Å². The van der Waals surface area contributed by atoms with Crippen LogP contribution in [0.5, 0.6) is 17.2 Å². The second-order valence-electron chi connectivity index (χ2n) is 5.50. The first-order chi connectivity index (χ1) is 12.7. The van der Waals surface area contributed by atoms with Crippen molar-refractivity contribution in [1.82, 2.24) is 15.6 Å². The number of ether oxygens (including phenoxy) is 3. The minimum absolute atomic E-state index is 0. The molecule has 0 radical (unpaired) electrons. The summed E-state index contributed by atoms with van der Waals surface area (Å²) in [6, 6.07) is 7.82. The molecule has 1 aromatic heterocycles. The highest BCUT2D eigenvalue weighted by Gasteiger charge is 2.13. The van der Waals surface area contributed by atoms with Gasteiger partial charge in [-0.1, -0.05) is 6.07 Å². The van der Waals surface area contributed by atoms with Gasteiger partial charge in [0.25, 0.3) is 0 Å². The Bertz CT molecular complexity index is 701. The summed E-state index contributed by atoms with van der Waals surface area (Å²) >= 11 is 0. The Morgan fingerprint density at radius 3 is 2.26 bits per heavy atom. The number of rotatable bonds is 8. The predicted octanol–water partition coefficient (Wildman–Crippen LogP) is 2.63. The number of aliphatic imine (C=N–C) groups is 1. The second-order valence-corrected chi connectivity index (χ2v) is 5.50. The van der Waals surface area contributed by atoms with Crippen LogP contribution in [0.1, 0.15) is 11.1 Å². The summed E-state index contributed by atoms with van der Waals surface area (Å²) in [4.78, 5) is 8.36. The summed E-state index contributed by atoms with van der Waals surface area (Å²) in [7, 11) is 6.54. The standard InChI is InChI=1S/C19H26N4O3.HI/c1-20-19(22-9-7-14-6-5-8-21-12-14)23-13-15-10-16(24-2)18(26-4)17(11-15)25-3;/h5-6,8,10-12H,7,9,13H2,1-4H3,(H2,20,22,23);1H. The fourth-order valence-corrected chi connectivity index (χ4v) is 2.52. The van der Waals surface area contributed by atoms with Crippen molar-refractivity contribution in [1.29, 1.82) is 0 Å². The van der Waals surface area contributed by atoms with Gasteiger partial charge in [-0.2, -0.15) is 0 Å². The van der Waals surface area contributed by atoms with Crippen molar-refractivity contribution in [3.8, 4) is 17.2 Å². The molecule has 8 heteroatoms. The second kappa shape index (κ2) is 12.2. The molecule has 0 spiro atoms. The summed E-state index contributed by atoms with van der Waals surface area (Å²) in [5, 5.41) is 6.58. The lowest BCUT2D eigenvalue weighted by Crippen LogP contribution is -2.37. The van der Waals surface area contributed by atoms with E-state index in [1.165, 1.54) is 5.56 Å². The van der Waals surface area contributed by atoms with E-state index >= 15 is 0 Å². The van der Waals surface area contributed by atoms with Gasteiger partial charge >= 0.3 is 0 Å². The molecule has 2 aromatic rings. The van der Waals surface area contributed by atoms with Crippen molar-refractivity contribution in [2.24, 2.45) is 4.99 Å². The zero-order chi connectivity index (χ0) is 18.8. The smallest absolute Gasteiger partial charge is 0.203 e. The summed E-state index contributed by atoms with van der Waals surface area (Å²) in [5.41, 5.74) is 2.18. The largest absolute Gasteiger partial charge is 0.493 e. The zero-order valence-electron chi connectivity index (χ0n) is 16.1. The van der Waals surface area contributed by atoms with Crippen LogP contribution in [0.3, 0.4) is 0 Å². The number of nitrogens with zero attached hydrogens (tertiary/aromatic N) is 2. The molecular weight excluding hydrogens is 459 g/mol. The average molecular weight is 486 g/mol. The molecular formula is C19H27IN4O3. The lowest BCUT2D eigenvalue weighted by molar-refractivity contribution is 0.323. The predicted molar refractivity (Wildman–Crippen MR) is 118 cm³/mol.